The number of carbonyl (C=O) groups is 2. The molecule has 0 aromatic heterocycles. The van der Waals surface area contributed by atoms with Crippen LogP contribution < -0.4 is 9.47 Å². The molecule has 0 aliphatic carbocycles. The van der Waals surface area contributed by atoms with E-state index in [0.717, 1.165) is 43.4 Å². The minimum Gasteiger partial charge on any atom is -0.491 e. The van der Waals surface area contributed by atoms with Crippen LogP contribution in [0.25, 0.3) is 0 Å². The summed E-state index contributed by atoms with van der Waals surface area (Å²) in [7, 11) is -1.19. The highest BCUT2D eigenvalue weighted by molar-refractivity contribution is 6.76. The summed E-state index contributed by atoms with van der Waals surface area (Å²) in [4.78, 5) is 25.0. The first-order valence-electron chi connectivity index (χ1n) is 13.6. The van der Waals surface area contributed by atoms with Gasteiger partial charge in [0.05, 0.1) is 18.1 Å². The molecule has 2 aromatic carbocycles. The molecule has 7 heteroatoms. The number of esters is 2. The Hall–Kier alpha value is -2.67. The van der Waals surface area contributed by atoms with Gasteiger partial charge in [-0.25, -0.2) is 9.18 Å². The Balaban J connectivity index is 1.49. The van der Waals surface area contributed by atoms with Gasteiger partial charge in [0.2, 0.25) is 0 Å². The van der Waals surface area contributed by atoms with Crippen LogP contribution in [0.3, 0.4) is 0 Å². The predicted molar refractivity (Wildman–Crippen MR) is 147 cm³/mol. The summed E-state index contributed by atoms with van der Waals surface area (Å²) >= 11 is 0. The molecule has 0 radical (unpaired) electrons. The minimum atomic E-state index is -1.19. The highest BCUT2D eigenvalue weighted by Gasteiger charge is 2.36. The van der Waals surface area contributed by atoms with Gasteiger partial charge in [-0.05, 0) is 48.7 Å². The van der Waals surface area contributed by atoms with E-state index in [9.17, 15) is 14.0 Å². The molecule has 202 valence electrons. The largest absolute Gasteiger partial charge is 0.491 e. The van der Waals surface area contributed by atoms with Crippen molar-refractivity contribution in [2.24, 2.45) is 0 Å². The lowest BCUT2D eigenvalue weighted by molar-refractivity contribution is -0.142. The summed E-state index contributed by atoms with van der Waals surface area (Å²) in [5, 5.41) is 0. The van der Waals surface area contributed by atoms with Crippen molar-refractivity contribution in [3.8, 4) is 11.5 Å². The lowest BCUT2D eigenvalue weighted by Crippen LogP contribution is -2.22. The fourth-order valence-electron chi connectivity index (χ4n) is 4.44. The van der Waals surface area contributed by atoms with E-state index in [4.69, 9.17) is 14.2 Å². The van der Waals surface area contributed by atoms with Crippen LogP contribution in [0.1, 0.15) is 80.1 Å². The van der Waals surface area contributed by atoms with Crippen LogP contribution in [0.5, 0.6) is 11.5 Å². The molecule has 1 aliphatic rings. The summed E-state index contributed by atoms with van der Waals surface area (Å²) in [5.41, 5.74) is 0.955. The second-order valence-corrected chi connectivity index (χ2v) is 16.8. The maximum Gasteiger partial charge on any atom is 0.343 e. The third-order valence-corrected chi connectivity index (χ3v) is 8.49. The van der Waals surface area contributed by atoms with Crippen LogP contribution in [0.4, 0.5) is 4.39 Å². The van der Waals surface area contributed by atoms with Crippen molar-refractivity contribution in [3.05, 3.63) is 59.4 Å². The summed E-state index contributed by atoms with van der Waals surface area (Å²) in [6.45, 7) is 9.58. The van der Waals surface area contributed by atoms with Gasteiger partial charge in [-0.2, -0.15) is 0 Å². The second-order valence-electron chi connectivity index (χ2n) is 11.2. The first-order chi connectivity index (χ1) is 17.7. The molecule has 37 heavy (non-hydrogen) atoms. The number of hydrogen-bond acceptors (Lipinski definition) is 5. The van der Waals surface area contributed by atoms with Crippen LogP contribution in [0, 0.1) is 5.82 Å². The molecular weight excluding hydrogens is 487 g/mol. The van der Waals surface area contributed by atoms with Gasteiger partial charge in [0.25, 0.3) is 0 Å². The Bertz CT molecular complexity index is 1030. The van der Waals surface area contributed by atoms with Crippen molar-refractivity contribution in [2.45, 2.75) is 96.0 Å². The average Bonchev–Trinajstić information content (AvgIpc) is 3.23. The first-order valence-corrected chi connectivity index (χ1v) is 17.3. The molecule has 0 N–H and O–H groups in total. The number of cyclic esters (lactones) is 1. The van der Waals surface area contributed by atoms with Crippen molar-refractivity contribution >= 4 is 20.0 Å². The molecule has 2 aromatic rings. The van der Waals surface area contributed by atoms with E-state index >= 15 is 0 Å². The maximum absolute atomic E-state index is 14.5. The molecule has 0 bridgehead atoms. The fourth-order valence-corrected chi connectivity index (χ4v) is 5.63. The zero-order chi connectivity index (χ0) is 26.8. The second kappa shape index (κ2) is 13.8. The topological polar surface area (TPSA) is 61.8 Å². The summed E-state index contributed by atoms with van der Waals surface area (Å²) < 4.78 is 31.0. The molecule has 1 saturated heterocycles. The van der Waals surface area contributed by atoms with Gasteiger partial charge in [0.1, 0.15) is 11.9 Å². The van der Waals surface area contributed by atoms with E-state index < -0.39 is 19.9 Å². The number of rotatable bonds is 14. The van der Waals surface area contributed by atoms with E-state index in [-0.39, 0.29) is 29.3 Å². The van der Waals surface area contributed by atoms with Crippen molar-refractivity contribution in [2.75, 3.05) is 6.61 Å². The van der Waals surface area contributed by atoms with Gasteiger partial charge < -0.3 is 14.2 Å². The van der Waals surface area contributed by atoms with Crippen LogP contribution >= 0.6 is 0 Å². The molecule has 2 atom stereocenters. The van der Waals surface area contributed by atoms with E-state index in [1.807, 2.05) is 0 Å². The van der Waals surface area contributed by atoms with Crippen LogP contribution in [0.2, 0.25) is 25.7 Å². The normalized spacial score (nSPS) is 17.5. The molecule has 5 nitrogen and oxygen atoms in total. The van der Waals surface area contributed by atoms with Gasteiger partial charge in [-0.3, -0.25) is 4.79 Å². The van der Waals surface area contributed by atoms with E-state index in [0.29, 0.717) is 18.8 Å². The quantitative estimate of drug-likeness (QED) is 0.108. The van der Waals surface area contributed by atoms with Crippen molar-refractivity contribution in [1.82, 2.24) is 0 Å². The Morgan fingerprint density at radius 3 is 2.41 bits per heavy atom. The zero-order valence-electron chi connectivity index (χ0n) is 22.7. The standard InChI is InChI=1S/C30H41FO5Si/c1-5-6-7-8-9-10-18-34-28-16-13-23(20-27(28)31)29(32)35-24-14-11-22(12-15-24)26-21-25(36-30(26)33)17-19-37(2,3)4/h11-16,20,25-26H,5-10,17-19,21H2,1-4H3/t25-,26-/m1/s1. The summed E-state index contributed by atoms with van der Waals surface area (Å²) in [6, 6.07) is 12.1. The van der Waals surface area contributed by atoms with Gasteiger partial charge in [-0.1, -0.05) is 76.8 Å². The SMILES string of the molecule is CCCCCCCCOc1ccc(C(=O)Oc2ccc([C@H]3C[C@@H](CC[Si](C)(C)C)OC3=O)cc2)cc1F. The van der Waals surface area contributed by atoms with Crippen LogP contribution in [-0.4, -0.2) is 32.7 Å². The fraction of sp³-hybridized carbons (Fsp3) is 0.533. The number of benzene rings is 2. The lowest BCUT2D eigenvalue weighted by atomic mass is 9.95. The molecule has 0 saturated carbocycles. The van der Waals surface area contributed by atoms with Gasteiger partial charge in [-0.15, -0.1) is 0 Å². The van der Waals surface area contributed by atoms with Crippen molar-refractivity contribution in [1.29, 1.82) is 0 Å². The number of halogens is 1. The summed E-state index contributed by atoms with van der Waals surface area (Å²) in [6.07, 6.45) is 8.32. The van der Waals surface area contributed by atoms with Crippen molar-refractivity contribution in [3.63, 3.8) is 0 Å². The first kappa shape index (κ1) is 28.9. The van der Waals surface area contributed by atoms with Crippen molar-refractivity contribution < 1.29 is 28.2 Å². The minimum absolute atomic E-state index is 0.0330. The molecule has 1 heterocycles. The smallest absolute Gasteiger partial charge is 0.343 e. The highest BCUT2D eigenvalue weighted by Crippen LogP contribution is 2.34. The zero-order valence-corrected chi connectivity index (χ0v) is 23.7. The van der Waals surface area contributed by atoms with Gasteiger partial charge in [0, 0.05) is 14.5 Å². The molecule has 0 amide bonds. The predicted octanol–water partition coefficient (Wildman–Crippen LogP) is 7.91. The monoisotopic (exact) mass is 528 g/mol. The third-order valence-electron chi connectivity index (χ3n) is 6.70. The Morgan fingerprint density at radius 1 is 1.03 bits per heavy atom. The van der Waals surface area contributed by atoms with Gasteiger partial charge >= 0.3 is 11.9 Å². The lowest BCUT2D eigenvalue weighted by Gasteiger charge is -2.17. The number of ether oxygens (including phenoxy) is 3. The summed E-state index contributed by atoms with van der Waals surface area (Å²) in [5.74, 6) is -1.26. The van der Waals surface area contributed by atoms with E-state index in [2.05, 4.69) is 26.6 Å². The number of unbranched alkanes of at least 4 members (excludes halogenated alkanes) is 5. The highest BCUT2D eigenvalue weighted by atomic mass is 28.3. The maximum atomic E-state index is 14.5. The Morgan fingerprint density at radius 2 is 1.73 bits per heavy atom. The van der Waals surface area contributed by atoms with Crippen LogP contribution in [0.15, 0.2) is 42.5 Å². The average molecular weight is 529 g/mol. The number of carbonyl (C=O) groups excluding carboxylic acids is 2. The third kappa shape index (κ3) is 9.29. The molecule has 0 unspecified atom stereocenters. The van der Waals surface area contributed by atoms with Crippen LogP contribution in [-0.2, 0) is 9.53 Å². The molecular formula is C30H41FO5Si. The molecule has 1 aliphatic heterocycles. The Kier molecular flexibility index (Phi) is 10.7. The molecule has 1 fully saturated rings. The molecule has 0 spiro atoms. The van der Waals surface area contributed by atoms with Gasteiger partial charge in [0.15, 0.2) is 11.6 Å². The van der Waals surface area contributed by atoms with E-state index in [1.165, 1.54) is 31.4 Å². The molecule has 3 rings (SSSR count). The Labute approximate surface area is 221 Å². The number of hydrogen-bond donors (Lipinski definition) is 0. The van der Waals surface area contributed by atoms with E-state index in [1.54, 1.807) is 24.3 Å².